The number of allylic oxidation sites excluding steroid dienone is 4. The molecule has 0 atom stereocenters. The molecule has 19 heavy (non-hydrogen) atoms. The Bertz CT molecular complexity index is 570. The topological polar surface area (TPSA) is 15.3 Å². The van der Waals surface area contributed by atoms with Gasteiger partial charge in [-0.2, -0.15) is 0 Å². The maximum Gasteiger partial charge on any atom is 0.211 e. The normalized spacial score (nSPS) is 15.7. The molecule has 1 aromatic rings. The first-order valence-electron chi connectivity index (χ1n) is 5.79. The highest BCUT2D eigenvalue weighted by Crippen LogP contribution is 2.21. The van der Waals surface area contributed by atoms with E-state index in [2.05, 4.69) is 34.6 Å². The third kappa shape index (κ3) is 3.27. The number of fused-ring (bicyclic) bond motifs is 1. The second kappa shape index (κ2) is 6.07. The zero-order valence-corrected chi connectivity index (χ0v) is 12.4. The summed E-state index contributed by atoms with van der Waals surface area (Å²) < 4.78 is 0. The number of nitrogens with one attached hydrogen (secondary N) is 1. The first-order chi connectivity index (χ1) is 8.81. The van der Waals surface area contributed by atoms with Gasteiger partial charge in [-0.05, 0) is 36.4 Å². The van der Waals surface area contributed by atoms with E-state index < -0.39 is 0 Å². The van der Waals surface area contributed by atoms with Crippen molar-refractivity contribution >= 4 is 17.3 Å². The Balaban J connectivity index is 0.00000133. The molecule has 2 aliphatic heterocycles. The average molecular weight is 336 g/mol. The van der Waals surface area contributed by atoms with Crippen molar-refractivity contribution in [2.45, 2.75) is 0 Å². The maximum atomic E-state index is 5.86. The SMILES string of the molecule is Clc1ccc(NC2=CCN3C=CC=CC3=[C+]2)cc1.[Br-]. The third-order valence-corrected chi connectivity index (χ3v) is 3.07. The molecular formula is C15H12BrClN2. The molecule has 0 aliphatic carbocycles. The Morgan fingerprint density at radius 1 is 1.16 bits per heavy atom. The lowest BCUT2D eigenvalue weighted by atomic mass is 10.1. The van der Waals surface area contributed by atoms with Crippen molar-refractivity contribution < 1.29 is 17.0 Å². The first kappa shape index (κ1) is 13.9. The molecule has 0 radical (unpaired) electrons. The van der Waals surface area contributed by atoms with Crippen LogP contribution in [0.1, 0.15) is 0 Å². The van der Waals surface area contributed by atoms with E-state index in [4.69, 9.17) is 11.6 Å². The summed E-state index contributed by atoms with van der Waals surface area (Å²) in [6.45, 7) is 0.860. The van der Waals surface area contributed by atoms with Crippen LogP contribution in [0.5, 0.6) is 0 Å². The molecule has 0 fully saturated rings. The minimum absolute atomic E-state index is 0. The number of halogens is 2. The number of nitrogens with zero attached hydrogens (tertiary/aromatic N) is 1. The van der Waals surface area contributed by atoms with Gasteiger partial charge in [0, 0.05) is 16.9 Å². The molecule has 1 N–H and O–H groups in total. The summed E-state index contributed by atoms with van der Waals surface area (Å²) in [5, 5.41) is 4.07. The number of hydrogen-bond acceptors (Lipinski definition) is 2. The number of benzene rings is 1. The summed E-state index contributed by atoms with van der Waals surface area (Å²) in [6.07, 6.45) is 13.6. The van der Waals surface area contributed by atoms with Crippen LogP contribution in [0.2, 0.25) is 5.02 Å². The van der Waals surface area contributed by atoms with Gasteiger partial charge in [0.2, 0.25) is 11.4 Å². The molecule has 0 aromatic heterocycles. The van der Waals surface area contributed by atoms with Crippen molar-refractivity contribution in [3.63, 3.8) is 0 Å². The van der Waals surface area contributed by atoms with Crippen LogP contribution in [0, 0.1) is 6.08 Å². The highest BCUT2D eigenvalue weighted by molar-refractivity contribution is 6.30. The first-order valence-corrected chi connectivity index (χ1v) is 6.17. The molecule has 4 heteroatoms. The Morgan fingerprint density at radius 2 is 1.95 bits per heavy atom. The Hall–Kier alpha value is -1.54. The fourth-order valence-corrected chi connectivity index (χ4v) is 2.02. The van der Waals surface area contributed by atoms with Gasteiger partial charge in [0.05, 0.1) is 24.8 Å². The monoisotopic (exact) mass is 334 g/mol. The molecule has 0 saturated carbocycles. The van der Waals surface area contributed by atoms with E-state index in [0.717, 1.165) is 28.6 Å². The van der Waals surface area contributed by atoms with E-state index in [1.807, 2.05) is 36.4 Å². The van der Waals surface area contributed by atoms with E-state index in [1.54, 1.807) is 0 Å². The van der Waals surface area contributed by atoms with Crippen LogP contribution < -0.4 is 22.3 Å². The predicted octanol–water partition coefficient (Wildman–Crippen LogP) is 0.726. The quantitative estimate of drug-likeness (QED) is 0.802. The van der Waals surface area contributed by atoms with Crippen molar-refractivity contribution in [1.82, 2.24) is 4.90 Å². The van der Waals surface area contributed by atoms with Crippen molar-refractivity contribution in [3.05, 3.63) is 77.3 Å². The van der Waals surface area contributed by atoms with E-state index in [9.17, 15) is 0 Å². The fourth-order valence-electron chi connectivity index (χ4n) is 1.90. The van der Waals surface area contributed by atoms with Crippen LogP contribution in [-0.4, -0.2) is 11.4 Å². The molecule has 2 aliphatic rings. The van der Waals surface area contributed by atoms with Crippen LogP contribution >= 0.6 is 11.6 Å². The van der Waals surface area contributed by atoms with E-state index in [0.29, 0.717) is 0 Å². The molecule has 0 saturated heterocycles. The Labute approximate surface area is 128 Å². The van der Waals surface area contributed by atoms with Gasteiger partial charge in [-0.15, -0.1) is 0 Å². The lowest BCUT2D eigenvalue weighted by Gasteiger charge is -2.19. The van der Waals surface area contributed by atoms with Crippen LogP contribution in [0.4, 0.5) is 5.69 Å². The molecule has 96 valence electrons. The number of hydrogen-bond donors (Lipinski definition) is 1. The minimum atomic E-state index is 0. The standard InChI is InChI=1S/C15H12ClN2.BrH/c16-12-4-6-13(7-5-12)17-14-8-10-18-9-2-1-3-15(18)11-14;/h1-9,17H,10H2;1H/q+1;/p-1. The van der Waals surface area contributed by atoms with E-state index in [1.165, 1.54) is 0 Å². The third-order valence-electron chi connectivity index (χ3n) is 2.82. The van der Waals surface area contributed by atoms with Crippen molar-refractivity contribution in [2.75, 3.05) is 11.9 Å². The van der Waals surface area contributed by atoms with Gasteiger partial charge < -0.3 is 27.2 Å². The highest BCUT2D eigenvalue weighted by Gasteiger charge is 2.20. The second-order valence-electron chi connectivity index (χ2n) is 4.11. The predicted molar refractivity (Wildman–Crippen MR) is 74.9 cm³/mol. The van der Waals surface area contributed by atoms with Crippen LogP contribution in [-0.2, 0) is 0 Å². The smallest absolute Gasteiger partial charge is 0.211 e. The average Bonchev–Trinajstić information content (AvgIpc) is 2.41. The maximum absolute atomic E-state index is 5.86. The molecule has 1 aromatic carbocycles. The van der Waals surface area contributed by atoms with Crippen molar-refractivity contribution in [2.24, 2.45) is 0 Å². The van der Waals surface area contributed by atoms with Crippen LogP contribution in [0.25, 0.3) is 0 Å². The molecule has 0 bridgehead atoms. The zero-order chi connectivity index (χ0) is 12.4. The van der Waals surface area contributed by atoms with Crippen molar-refractivity contribution in [3.8, 4) is 0 Å². The summed E-state index contributed by atoms with van der Waals surface area (Å²) in [4.78, 5) is 2.15. The lowest BCUT2D eigenvalue weighted by molar-refractivity contribution is -0.00000342. The molecule has 2 nitrogen and oxygen atoms in total. The van der Waals surface area contributed by atoms with Crippen LogP contribution in [0.15, 0.2) is 66.2 Å². The van der Waals surface area contributed by atoms with Gasteiger partial charge >= 0.3 is 0 Å². The Morgan fingerprint density at radius 3 is 2.74 bits per heavy atom. The number of rotatable bonds is 2. The molecule has 3 rings (SSSR count). The van der Waals surface area contributed by atoms with E-state index in [-0.39, 0.29) is 17.0 Å². The highest BCUT2D eigenvalue weighted by atomic mass is 79.9. The molecular weight excluding hydrogens is 324 g/mol. The Kier molecular flexibility index (Phi) is 4.43. The van der Waals surface area contributed by atoms with Gasteiger partial charge in [-0.25, -0.2) is 0 Å². The summed E-state index contributed by atoms with van der Waals surface area (Å²) >= 11 is 5.86. The van der Waals surface area contributed by atoms with Crippen LogP contribution in [0.3, 0.4) is 0 Å². The van der Waals surface area contributed by atoms with Crippen molar-refractivity contribution in [1.29, 1.82) is 0 Å². The van der Waals surface area contributed by atoms with Gasteiger partial charge in [0.15, 0.2) is 0 Å². The van der Waals surface area contributed by atoms with Gasteiger partial charge in [-0.3, -0.25) is 0 Å². The molecule has 0 unspecified atom stereocenters. The fraction of sp³-hybridized carbons (Fsp3) is 0.0667. The van der Waals surface area contributed by atoms with E-state index >= 15 is 0 Å². The summed E-state index contributed by atoms with van der Waals surface area (Å²) in [6, 6.07) is 7.66. The molecule has 2 heterocycles. The summed E-state index contributed by atoms with van der Waals surface area (Å²) in [7, 11) is 0. The summed E-state index contributed by atoms with van der Waals surface area (Å²) in [5.74, 6) is 0. The summed E-state index contributed by atoms with van der Waals surface area (Å²) in [5.41, 5.74) is 3.09. The lowest BCUT2D eigenvalue weighted by Crippen LogP contribution is -3.00. The molecule has 0 amide bonds. The zero-order valence-electron chi connectivity index (χ0n) is 10.1. The largest absolute Gasteiger partial charge is 1.00 e. The van der Waals surface area contributed by atoms with Gasteiger partial charge in [-0.1, -0.05) is 11.6 Å². The molecule has 0 spiro atoms. The van der Waals surface area contributed by atoms with Gasteiger partial charge in [0.1, 0.15) is 0 Å². The second-order valence-corrected chi connectivity index (χ2v) is 4.55. The minimum Gasteiger partial charge on any atom is -1.00 e. The van der Waals surface area contributed by atoms with Gasteiger partial charge in [0.25, 0.3) is 0 Å². The number of anilines is 1.